The maximum absolute atomic E-state index is 12.2. The van der Waals surface area contributed by atoms with Gasteiger partial charge in [-0.25, -0.2) is 0 Å². The molecule has 1 heterocycles. The van der Waals surface area contributed by atoms with Crippen molar-refractivity contribution in [2.24, 2.45) is 0 Å². The topological polar surface area (TPSA) is 44.9 Å². The molecule has 1 amide bonds. The van der Waals surface area contributed by atoms with Crippen molar-refractivity contribution in [2.75, 3.05) is 0 Å². The average Bonchev–Trinajstić information content (AvgIpc) is 2.87. The van der Waals surface area contributed by atoms with Crippen molar-refractivity contribution in [3.05, 3.63) is 36.0 Å². The van der Waals surface area contributed by atoms with Crippen molar-refractivity contribution >= 4 is 16.8 Å². The number of carbonyl (C=O) groups is 1. The maximum Gasteiger partial charge on any atom is 0.267 e. The van der Waals surface area contributed by atoms with Gasteiger partial charge in [-0.1, -0.05) is 50.8 Å². The van der Waals surface area contributed by atoms with Gasteiger partial charge in [-0.2, -0.15) is 0 Å². The van der Waals surface area contributed by atoms with E-state index in [2.05, 4.69) is 24.1 Å². The molecular weight excluding hydrogens is 248 g/mol. The molecule has 0 spiro atoms. The molecule has 1 aromatic heterocycles. The number of aromatic amines is 1. The van der Waals surface area contributed by atoms with E-state index >= 15 is 0 Å². The fourth-order valence-corrected chi connectivity index (χ4v) is 2.45. The van der Waals surface area contributed by atoms with Gasteiger partial charge in [0, 0.05) is 16.9 Å². The summed E-state index contributed by atoms with van der Waals surface area (Å²) in [5.74, 6) is -0.0100. The lowest BCUT2D eigenvalue weighted by Gasteiger charge is -2.12. The van der Waals surface area contributed by atoms with E-state index in [-0.39, 0.29) is 11.9 Å². The number of hydrogen-bond donors (Lipinski definition) is 2. The third-order valence-corrected chi connectivity index (χ3v) is 3.64. The molecule has 20 heavy (non-hydrogen) atoms. The van der Waals surface area contributed by atoms with Crippen LogP contribution in [0.5, 0.6) is 0 Å². The molecule has 2 N–H and O–H groups in total. The largest absolute Gasteiger partial charge is 0.351 e. The Bertz CT molecular complexity index is 526. The van der Waals surface area contributed by atoms with Crippen LogP contribution < -0.4 is 5.32 Å². The third-order valence-electron chi connectivity index (χ3n) is 3.64. The molecule has 0 aliphatic heterocycles. The quantitative estimate of drug-likeness (QED) is 0.727. The van der Waals surface area contributed by atoms with Crippen molar-refractivity contribution in [2.45, 2.75) is 52.0 Å². The molecule has 108 valence electrons. The number of nitrogens with one attached hydrogen (secondary N) is 2. The highest BCUT2D eigenvalue weighted by Gasteiger charge is 2.11. The van der Waals surface area contributed by atoms with Crippen LogP contribution in [0.1, 0.15) is 56.4 Å². The molecule has 3 nitrogen and oxygen atoms in total. The lowest BCUT2D eigenvalue weighted by atomic mass is 10.1. The standard InChI is InChI=1S/C17H24N2O/c1-3-4-5-6-9-13(2)18-17(20)16-12-14-10-7-8-11-15(14)19-16/h7-8,10-13,19H,3-6,9H2,1-2H3,(H,18,20). The summed E-state index contributed by atoms with van der Waals surface area (Å²) in [5, 5.41) is 4.14. The van der Waals surface area contributed by atoms with Gasteiger partial charge in [0.05, 0.1) is 0 Å². The van der Waals surface area contributed by atoms with Crippen LogP contribution in [0.4, 0.5) is 0 Å². The predicted molar refractivity (Wildman–Crippen MR) is 84.0 cm³/mol. The Morgan fingerprint density at radius 3 is 2.80 bits per heavy atom. The molecule has 0 aliphatic carbocycles. The summed E-state index contributed by atoms with van der Waals surface area (Å²) < 4.78 is 0. The van der Waals surface area contributed by atoms with Gasteiger partial charge >= 0.3 is 0 Å². The molecule has 2 aromatic rings. The molecule has 2 rings (SSSR count). The fourth-order valence-electron chi connectivity index (χ4n) is 2.45. The van der Waals surface area contributed by atoms with E-state index < -0.39 is 0 Å². The van der Waals surface area contributed by atoms with Gasteiger partial charge in [-0.05, 0) is 25.5 Å². The van der Waals surface area contributed by atoms with Gasteiger partial charge in [0.1, 0.15) is 5.69 Å². The van der Waals surface area contributed by atoms with Crippen LogP contribution in [0.15, 0.2) is 30.3 Å². The Morgan fingerprint density at radius 1 is 1.25 bits per heavy atom. The summed E-state index contributed by atoms with van der Waals surface area (Å²) in [5.41, 5.74) is 1.65. The predicted octanol–water partition coefficient (Wildman–Crippen LogP) is 4.26. The zero-order chi connectivity index (χ0) is 14.4. The highest BCUT2D eigenvalue weighted by Crippen LogP contribution is 2.15. The number of H-pyrrole nitrogens is 1. The summed E-state index contributed by atoms with van der Waals surface area (Å²) in [6, 6.07) is 10.1. The minimum absolute atomic E-state index is 0.0100. The second-order valence-electron chi connectivity index (χ2n) is 5.49. The fraction of sp³-hybridized carbons (Fsp3) is 0.471. The van der Waals surface area contributed by atoms with Gasteiger partial charge < -0.3 is 10.3 Å². The average molecular weight is 272 g/mol. The number of fused-ring (bicyclic) bond motifs is 1. The van der Waals surface area contributed by atoms with Crippen LogP contribution in [-0.2, 0) is 0 Å². The zero-order valence-corrected chi connectivity index (χ0v) is 12.4. The van der Waals surface area contributed by atoms with E-state index in [1.807, 2.05) is 30.3 Å². The van der Waals surface area contributed by atoms with Crippen LogP contribution in [0.25, 0.3) is 10.9 Å². The molecule has 1 unspecified atom stereocenters. The summed E-state index contributed by atoms with van der Waals surface area (Å²) in [4.78, 5) is 15.3. The molecule has 0 aliphatic rings. The minimum Gasteiger partial charge on any atom is -0.351 e. The second kappa shape index (κ2) is 7.13. The first-order chi connectivity index (χ1) is 9.70. The molecule has 0 bridgehead atoms. The van der Waals surface area contributed by atoms with Gasteiger partial charge in [0.2, 0.25) is 0 Å². The van der Waals surface area contributed by atoms with Crippen molar-refractivity contribution in [3.8, 4) is 0 Å². The molecule has 0 saturated heterocycles. The number of rotatable bonds is 7. The summed E-state index contributed by atoms with van der Waals surface area (Å²) in [7, 11) is 0. The van der Waals surface area contributed by atoms with E-state index in [0.29, 0.717) is 5.69 Å². The maximum atomic E-state index is 12.2. The highest BCUT2D eigenvalue weighted by molar-refractivity contribution is 5.98. The van der Waals surface area contributed by atoms with Crippen LogP contribution in [0, 0.1) is 0 Å². The Morgan fingerprint density at radius 2 is 2.05 bits per heavy atom. The number of carbonyl (C=O) groups excluding carboxylic acids is 1. The zero-order valence-electron chi connectivity index (χ0n) is 12.4. The van der Waals surface area contributed by atoms with Crippen molar-refractivity contribution in [1.29, 1.82) is 0 Å². The smallest absolute Gasteiger partial charge is 0.267 e. The summed E-state index contributed by atoms with van der Waals surface area (Å²) >= 11 is 0. The highest BCUT2D eigenvalue weighted by atomic mass is 16.1. The van der Waals surface area contributed by atoms with Gasteiger partial charge in [-0.3, -0.25) is 4.79 Å². The van der Waals surface area contributed by atoms with E-state index in [9.17, 15) is 4.79 Å². The third kappa shape index (κ3) is 3.86. The van der Waals surface area contributed by atoms with Crippen molar-refractivity contribution in [1.82, 2.24) is 10.3 Å². The molecule has 0 fully saturated rings. The first-order valence-corrected chi connectivity index (χ1v) is 7.59. The Hall–Kier alpha value is -1.77. The number of aromatic nitrogens is 1. The van der Waals surface area contributed by atoms with E-state index in [4.69, 9.17) is 0 Å². The monoisotopic (exact) mass is 272 g/mol. The molecule has 0 radical (unpaired) electrons. The van der Waals surface area contributed by atoms with Gasteiger partial charge in [0.25, 0.3) is 5.91 Å². The summed E-state index contributed by atoms with van der Waals surface area (Å²) in [6.07, 6.45) is 6.01. The van der Waals surface area contributed by atoms with Crippen LogP contribution >= 0.6 is 0 Å². The number of amides is 1. The molecule has 0 saturated carbocycles. The van der Waals surface area contributed by atoms with E-state index in [1.165, 1.54) is 25.7 Å². The Labute approximate surface area is 120 Å². The first kappa shape index (κ1) is 14.6. The lowest BCUT2D eigenvalue weighted by Crippen LogP contribution is -2.32. The lowest BCUT2D eigenvalue weighted by molar-refractivity contribution is 0.0933. The van der Waals surface area contributed by atoms with Gasteiger partial charge in [-0.15, -0.1) is 0 Å². The van der Waals surface area contributed by atoms with Crippen LogP contribution in [0.3, 0.4) is 0 Å². The van der Waals surface area contributed by atoms with E-state index in [0.717, 1.165) is 17.3 Å². The Kier molecular flexibility index (Phi) is 5.22. The second-order valence-corrected chi connectivity index (χ2v) is 5.49. The summed E-state index contributed by atoms with van der Waals surface area (Å²) in [6.45, 7) is 4.29. The Balaban J connectivity index is 1.87. The van der Waals surface area contributed by atoms with Crippen molar-refractivity contribution in [3.63, 3.8) is 0 Å². The number of hydrogen-bond acceptors (Lipinski definition) is 1. The van der Waals surface area contributed by atoms with Crippen molar-refractivity contribution < 1.29 is 4.79 Å². The van der Waals surface area contributed by atoms with Crippen LogP contribution in [-0.4, -0.2) is 16.9 Å². The molecule has 1 aromatic carbocycles. The number of para-hydroxylation sites is 1. The van der Waals surface area contributed by atoms with E-state index in [1.54, 1.807) is 0 Å². The number of benzene rings is 1. The van der Waals surface area contributed by atoms with Crippen LogP contribution in [0.2, 0.25) is 0 Å². The first-order valence-electron chi connectivity index (χ1n) is 7.59. The molecule has 1 atom stereocenters. The molecule has 3 heteroatoms. The van der Waals surface area contributed by atoms with Gasteiger partial charge in [0.15, 0.2) is 0 Å². The minimum atomic E-state index is -0.0100. The number of unbranched alkanes of at least 4 members (excludes halogenated alkanes) is 3. The molecular formula is C17H24N2O. The SMILES string of the molecule is CCCCCCC(C)NC(=O)c1cc2ccccc2[nH]1. The normalized spacial score (nSPS) is 12.5.